The van der Waals surface area contributed by atoms with Crippen LogP contribution in [0.2, 0.25) is 0 Å². The maximum atomic E-state index is 4.41. The third kappa shape index (κ3) is 1.68. The van der Waals surface area contributed by atoms with Crippen molar-refractivity contribution in [2.45, 2.75) is 6.92 Å². The summed E-state index contributed by atoms with van der Waals surface area (Å²) in [6.45, 7) is 2.11. The Morgan fingerprint density at radius 2 is 1.76 bits per heavy atom. The van der Waals surface area contributed by atoms with Crippen LogP contribution in [0, 0.1) is 6.92 Å². The maximum Gasteiger partial charge on any atom is 0.116 e. The van der Waals surface area contributed by atoms with Crippen molar-refractivity contribution >= 4 is 10.9 Å². The van der Waals surface area contributed by atoms with Gasteiger partial charge in [-0.2, -0.15) is 0 Å². The van der Waals surface area contributed by atoms with Crippen LogP contribution >= 0.6 is 0 Å². The van der Waals surface area contributed by atoms with Gasteiger partial charge in [-0.15, -0.1) is 0 Å². The predicted octanol–water partition coefficient (Wildman–Crippen LogP) is 3.61. The smallest absolute Gasteiger partial charge is 0.116 e. The zero-order chi connectivity index (χ0) is 11.7. The Morgan fingerprint density at radius 1 is 0.941 bits per heavy atom. The summed E-state index contributed by atoms with van der Waals surface area (Å²) in [6.07, 6.45) is 3.46. The Morgan fingerprint density at radius 3 is 2.59 bits per heavy atom. The fraction of sp³-hybridized carbons (Fsp3) is 0.0667. The minimum Gasteiger partial charge on any atom is -0.244 e. The number of aryl methyl sites for hydroxylation is 1. The summed E-state index contributed by atoms with van der Waals surface area (Å²) < 4.78 is 0. The van der Waals surface area contributed by atoms with E-state index < -0.39 is 0 Å². The molecular weight excluding hydrogens is 208 g/mol. The second-order valence-corrected chi connectivity index (χ2v) is 4.08. The fourth-order valence-electron chi connectivity index (χ4n) is 2.13. The van der Waals surface area contributed by atoms with Crippen LogP contribution in [-0.4, -0.2) is 9.97 Å². The standard InChI is InChI=1S/C15H12N2/c1-11-7-8-13-9-16-10-17-15(13)14(11)12-5-3-2-4-6-12/h2-10H,1H3. The summed E-state index contributed by atoms with van der Waals surface area (Å²) in [7, 11) is 0. The van der Waals surface area contributed by atoms with Crippen molar-refractivity contribution < 1.29 is 0 Å². The quantitative estimate of drug-likeness (QED) is 0.626. The molecule has 0 bridgehead atoms. The lowest BCUT2D eigenvalue weighted by atomic mass is 9.98. The highest BCUT2D eigenvalue weighted by atomic mass is 14.8. The third-order valence-corrected chi connectivity index (χ3v) is 2.95. The molecule has 2 aromatic carbocycles. The largest absolute Gasteiger partial charge is 0.244 e. The molecule has 0 aliphatic heterocycles. The van der Waals surface area contributed by atoms with Crippen LogP contribution in [0.25, 0.3) is 22.0 Å². The summed E-state index contributed by atoms with van der Waals surface area (Å²) in [5.74, 6) is 0. The van der Waals surface area contributed by atoms with Crippen LogP contribution in [0.3, 0.4) is 0 Å². The number of rotatable bonds is 1. The average Bonchev–Trinajstić information content (AvgIpc) is 2.39. The van der Waals surface area contributed by atoms with E-state index in [1.54, 1.807) is 6.33 Å². The van der Waals surface area contributed by atoms with E-state index in [9.17, 15) is 0 Å². The molecule has 82 valence electrons. The molecule has 0 radical (unpaired) electrons. The van der Waals surface area contributed by atoms with Gasteiger partial charge in [0.25, 0.3) is 0 Å². The average molecular weight is 220 g/mol. The van der Waals surface area contributed by atoms with Gasteiger partial charge in [0.05, 0.1) is 5.52 Å². The summed E-state index contributed by atoms with van der Waals surface area (Å²) >= 11 is 0. The number of nitrogens with zero attached hydrogens (tertiary/aromatic N) is 2. The van der Waals surface area contributed by atoms with E-state index in [1.165, 1.54) is 16.7 Å². The zero-order valence-electron chi connectivity index (χ0n) is 9.59. The highest BCUT2D eigenvalue weighted by Crippen LogP contribution is 2.29. The molecule has 0 saturated carbocycles. The number of aromatic nitrogens is 2. The molecular formula is C15H12N2. The second-order valence-electron chi connectivity index (χ2n) is 4.08. The van der Waals surface area contributed by atoms with Crippen LogP contribution in [0.4, 0.5) is 0 Å². The maximum absolute atomic E-state index is 4.41. The minimum absolute atomic E-state index is 1.02. The van der Waals surface area contributed by atoms with Gasteiger partial charge in [0.1, 0.15) is 6.33 Å². The molecule has 0 amide bonds. The predicted molar refractivity (Wildman–Crippen MR) is 69.7 cm³/mol. The van der Waals surface area contributed by atoms with E-state index in [-0.39, 0.29) is 0 Å². The van der Waals surface area contributed by atoms with Gasteiger partial charge in [0.15, 0.2) is 0 Å². The number of benzene rings is 2. The molecule has 0 N–H and O–H groups in total. The molecule has 0 unspecified atom stereocenters. The van der Waals surface area contributed by atoms with Crippen molar-refractivity contribution in [3.8, 4) is 11.1 Å². The monoisotopic (exact) mass is 220 g/mol. The van der Waals surface area contributed by atoms with Crippen LogP contribution in [0.5, 0.6) is 0 Å². The lowest BCUT2D eigenvalue weighted by Gasteiger charge is -2.09. The van der Waals surface area contributed by atoms with Crippen molar-refractivity contribution in [2.24, 2.45) is 0 Å². The summed E-state index contributed by atoms with van der Waals surface area (Å²) in [6, 6.07) is 14.5. The van der Waals surface area contributed by atoms with Gasteiger partial charge >= 0.3 is 0 Å². The summed E-state index contributed by atoms with van der Waals surface area (Å²) in [5.41, 5.74) is 4.66. The Balaban J connectivity index is 2.39. The Bertz CT molecular complexity index is 660. The molecule has 3 rings (SSSR count). The van der Waals surface area contributed by atoms with Gasteiger partial charge in [-0.1, -0.05) is 42.5 Å². The molecule has 2 heteroatoms. The van der Waals surface area contributed by atoms with Crippen molar-refractivity contribution in [3.63, 3.8) is 0 Å². The molecule has 17 heavy (non-hydrogen) atoms. The van der Waals surface area contributed by atoms with E-state index in [0.717, 1.165) is 10.9 Å². The van der Waals surface area contributed by atoms with E-state index >= 15 is 0 Å². The first-order valence-corrected chi connectivity index (χ1v) is 5.61. The van der Waals surface area contributed by atoms with Crippen LogP contribution < -0.4 is 0 Å². The number of hydrogen-bond donors (Lipinski definition) is 0. The molecule has 0 saturated heterocycles. The van der Waals surface area contributed by atoms with Crippen molar-refractivity contribution in [1.82, 2.24) is 9.97 Å². The van der Waals surface area contributed by atoms with E-state index in [2.05, 4.69) is 53.3 Å². The first-order valence-electron chi connectivity index (χ1n) is 5.61. The van der Waals surface area contributed by atoms with E-state index in [0.29, 0.717) is 0 Å². The first kappa shape index (κ1) is 9.97. The van der Waals surface area contributed by atoms with Gasteiger partial charge in [-0.3, -0.25) is 0 Å². The van der Waals surface area contributed by atoms with E-state index in [1.807, 2.05) is 12.3 Å². The Kier molecular flexibility index (Phi) is 2.33. The van der Waals surface area contributed by atoms with Crippen LogP contribution in [0.1, 0.15) is 5.56 Å². The molecule has 2 nitrogen and oxygen atoms in total. The molecule has 0 atom stereocenters. The van der Waals surface area contributed by atoms with Crippen molar-refractivity contribution in [2.75, 3.05) is 0 Å². The van der Waals surface area contributed by atoms with Crippen LogP contribution in [0.15, 0.2) is 55.0 Å². The van der Waals surface area contributed by atoms with Crippen LogP contribution in [-0.2, 0) is 0 Å². The second kappa shape index (κ2) is 3.98. The van der Waals surface area contributed by atoms with Gasteiger partial charge in [0, 0.05) is 17.1 Å². The topological polar surface area (TPSA) is 25.8 Å². The van der Waals surface area contributed by atoms with Gasteiger partial charge in [-0.05, 0) is 18.1 Å². The summed E-state index contributed by atoms with van der Waals surface area (Å²) in [4.78, 5) is 8.47. The summed E-state index contributed by atoms with van der Waals surface area (Å²) in [5, 5.41) is 1.08. The number of fused-ring (bicyclic) bond motifs is 1. The molecule has 0 fully saturated rings. The first-order chi connectivity index (χ1) is 8.36. The minimum atomic E-state index is 1.02. The molecule has 3 aromatic rings. The molecule has 0 spiro atoms. The molecule has 1 aromatic heterocycles. The highest BCUT2D eigenvalue weighted by molar-refractivity contribution is 5.94. The van der Waals surface area contributed by atoms with Gasteiger partial charge in [0.2, 0.25) is 0 Å². The Hall–Kier alpha value is -2.22. The third-order valence-electron chi connectivity index (χ3n) is 2.95. The van der Waals surface area contributed by atoms with Crippen molar-refractivity contribution in [1.29, 1.82) is 0 Å². The fourth-order valence-corrected chi connectivity index (χ4v) is 2.13. The van der Waals surface area contributed by atoms with Gasteiger partial charge < -0.3 is 0 Å². The lowest BCUT2D eigenvalue weighted by molar-refractivity contribution is 1.22. The van der Waals surface area contributed by atoms with Crippen molar-refractivity contribution in [3.05, 3.63) is 60.6 Å². The lowest BCUT2D eigenvalue weighted by Crippen LogP contribution is -1.89. The Labute approximate surface area is 100.0 Å². The van der Waals surface area contributed by atoms with Gasteiger partial charge in [-0.25, -0.2) is 9.97 Å². The normalized spacial score (nSPS) is 10.6. The molecule has 0 aliphatic rings. The molecule has 1 heterocycles. The number of hydrogen-bond acceptors (Lipinski definition) is 2. The highest BCUT2D eigenvalue weighted by Gasteiger charge is 2.07. The van der Waals surface area contributed by atoms with E-state index in [4.69, 9.17) is 0 Å². The molecule has 0 aliphatic carbocycles. The SMILES string of the molecule is Cc1ccc2cncnc2c1-c1ccccc1. The zero-order valence-corrected chi connectivity index (χ0v) is 9.59.